The Hall–Kier alpha value is -2.60. The number of amides is 1. The number of nitrogens with one attached hydrogen (secondary N) is 2. The summed E-state index contributed by atoms with van der Waals surface area (Å²) < 4.78 is 10.9. The monoisotopic (exact) mass is 341 g/mol. The lowest BCUT2D eigenvalue weighted by Gasteiger charge is -2.08. The van der Waals surface area contributed by atoms with E-state index in [1.807, 2.05) is 24.3 Å². The highest BCUT2D eigenvalue weighted by Gasteiger charge is 2.20. The van der Waals surface area contributed by atoms with Gasteiger partial charge in [0.2, 0.25) is 11.8 Å². The Morgan fingerprint density at radius 2 is 2.08 bits per heavy atom. The summed E-state index contributed by atoms with van der Waals surface area (Å²) >= 11 is 0. The smallest absolute Gasteiger partial charge is 0.234 e. The summed E-state index contributed by atoms with van der Waals surface area (Å²) in [6.45, 7) is 1.75. The Morgan fingerprint density at radius 1 is 1.24 bits per heavy atom. The number of aromatic nitrogens is 1. The number of ether oxygens (including phenoxy) is 2. The van der Waals surface area contributed by atoms with E-state index in [9.17, 15) is 4.79 Å². The number of benzene rings is 1. The van der Waals surface area contributed by atoms with E-state index in [-0.39, 0.29) is 5.91 Å². The first-order chi connectivity index (χ1) is 12.2. The minimum absolute atomic E-state index is 0.00245. The van der Waals surface area contributed by atoms with Crippen LogP contribution in [0.3, 0.4) is 0 Å². The molecular weight excluding hydrogens is 318 g/mol. The molecule has 0 atom stereocenters. The second-order valence-electron chi connectivity index (χ2n) is 6.14. The molecule has 0 unspecified atom stereocenters. The molecule has 0 aliphatic heterocycles. The first kappa shape index (κ1) is 17.2. The van der Waals surface area contributed by atoms with Crippen molar-refractivity contribution in [1.29, 1.82) is 0 Å². The molecule has 2 aromatic rings. The second kappa shape index (κ2) is 8.48. The molecule has 1 aromatic heterocycles. The van der Waals surface area contributed by atoms with Gasteiger partial charge in [-0.3, -0.25) is 4.79 Å². The van der Waals surface area contributed by atoms with Crippen molar-refractivity contribution in [3.05, 3.63) is 48.2 Å². The van der Waals surface area contributed by atoms with E-state index in [0.29, 0.717) is 24.7 Å². The number of hydrogen-bond acceptors (Lipinski definition) is 5. The van der Waals surface area contributed by atoms with Gasteiger partial charge >= 0.3 is 0 Å². The van der Waals surface area contributed by atoms with Crippen LogP contribution in [-0.2, 0) is 11.3 Å². The van der Waals surface area contributed by atoms with Crippen LogP contribution >= 0.6 is 0 Å². The second-order valence-corrected chi connectivity index (χ2v) is 6.14. The average Bonchev–Trinajstić information content (AvgIpc) is 3.46. The number of pyridine rings is 1. The van der Waals surface area contributed by atoms with Gasteiger partial charge in [0.15, 0.2) is 0 Å². The minimum Gasteiger partial charge on any atom is -0.497 e. The summed E-state index contributed by atoms with van der Waals surface area (Å²) in [6, 6.07) is 11.0. The van der Waals surface area contributed by atoms with Crippen molar-refractivity contribution in [2.24, 2.45) is 5.92 Å². The molecule has 1 aliphatic rings. The van der Waals surface area contributed by atoms with Crippen LogP contribution in [0.25, 0.3) is 0 Å². The Kier molecular flexibility index (Phi) is 5.85. The Balaban J connectivity index is 1.43. The predicted octanol–water partition coefficient (Wildman–Crippen LogP) is 2.50. The average molecular weight is 341 g/mol. The predicted molar refractivity (Wildman–Crippen MR) is 94.7 cm³/mol. The van der Waals surface area contributed by atoms with Gasteiger partial charge in [-0.15, -0.1) is 0 Å². The zero-order chi connectivity index (χ0) is 17.5. The molecule has 1 fully saturated rings. The van der Waals surface area contributed by atoms with E-state index in [1.54, 1.807) is 25.4 Å². The largest absolute Gasteiger partial charge is 0.497 e. The van der Waals surface area contributed by atoms with E-state index in [4.69, 9.17) is 9.47 Å². The fourth-order valence-corrected chi connectivity index (χ4v) is 2.34. The molecule has 6 nitrogen and oxygen atoms in total. The lowest BCUT2D eigenvalue weighted by molar-refractivity contribution is -0.120. The minimum atomic E-state index is -0.00245. The summed E-state index contributed by atoms with van der Waals surface area (Å²) in [6.07, 6.45) is 4.27. The lowest BCUT2D eigenvalue weighted by Crippen LogP contribution is -2.34. The fraction of sp³-hybridized carbons (Fsp3) is 0.368. The molecule has 1 aliphatic carbocycles. The summed E-state index contributed by atoms with van der Waals surface area (Å²) in [5, 5.41) is 6.05. The first-order valence-electron chi connectivity index (χ1n) is 8.47. The molecule has 25 heavy (non-hydrogen) atoms. The van der Waals surface area contributed by atoms with Gasteiger partial charge < -0.3 is 20.1 Å². The molecule has 0 bridgehead atoms. The number of carbonyl (C=O) groups is 1. The third-order valence-electron chi connectivity index (χ3n) is 3.97. The van der Waals surface area contributed by atoms with Crippen LogP contribution < -0.4 is 20.1 Å². The standard InChI is InChI=1S/C19H23N3O3/c1-24-16-3-2-4-17(9-16)25-19-8-7-15(12-22-19)11-21-18(23)13-20-10-14-5-6-14/h2-4,7-9,12,14,20H,5-6,10-11,13H2,1H3,(H,21,23). The van der Waals surface area contributed by atoms with Crippen molar-refractivity contribution in [2.45, 2.75) is 19.4 Å². The molecule has 1 amide bonds. The van der Waals surface area contributed by atoms with Crippen molar-refractivity contribution < 1.29 is 14.3 Å². The molecule has 1 saturated carbocycles. The highest BCUT2D eigenvalue weighted by molar-refractivity contribution is 5.77. The van der Waals surface area contributed by atoms with E-state index >= 15 is 0 Å². The summed E-state index contributed by atoms with van der Waals surface area (Å²) in [5.74, 6) is 2.66. The third-order valence-corrected chi connectivity index (χ3v) is 3.97. The highest BCUT2D eigenvalue weighted by atomic mass is 16.5. The van der Waals surface area contributed by atoms with E-state index < -0.39 is 0 Å². The van der Waals surface area contributed by atoms with Crippen LogP contribution in [0, 0.1) is 5.92 Å². The van der Waals surface area contributed by atoms with Crippen LogP contribution in [0.5, 0.6) is 17.4 Å². The molecule has 1 aromatic carbocycles. The Morgan fingerprint density at radius 3 is 2.80 bits per heavy atom. The van der Waals surface area contributed by atoms with Gasteiger partial charge in [0.25, 0.3) is 0 Å². The Bertz CT molecular complexity index is 699. The summed E-state index contributed by atoms with van der Waals surface area (Å²) in [5.41, 5.74) is 0.925. The van der Waals surface area contributed by atoms with Gasteiger partial charge in [-0.2, -0.15) is 0 Å². The van der Waals surface area contributed by atoms with Gasteiger partial charge in [-0.1, -0.05) is 12.1 Å². The highest BCUT2D eigenvalue weighted by Crippen LogP contribution is 2.27. The first-order valence-corrected chi connectivity index (χ1v) is 8.47. The SMILES string of the molecule is COc1cccc(Oc2ccc(CNC(=O)CNCC3CC3)cn2)c1. The normalized spacial score (nSPS) is 13.3. The number of rotatable bonds is 9. The zero-order valence-corrected chi connectivity index (χ0v) is 14.3. The van der Waals surface area contributed by atoms with Gasteiger partial charge in [-0.25, -0.2) is 4.98 Å². The molecule has 0 radical (unpaired) electrons. The third kappa shape index (κ3) is 5.76. The van der Waals surface area contributed by atoms with Crippen LogP contribution in [-0.4, -0.2) is 31.1 Å². The van der Waals surface area contributed by atoms with Crippen LogP contribution in [0.15, 0.2) is 42.6 Å². The lowest BCUT2D eigenvalue weighted by atomic mass is 10.3. The van der Waals surface area contributed by atoms with Crippen molar-refractivity contribution in [2.75, 3.05) is 20.2 Å². The number of methoxy groups -OCH3 is 1. The Labute approximate surface area is 147 Å². The number of carbonyl (C=O) groups excluding carboxylic acids is 1. The molecule has 0 saturated heterocycles. The van der Waals surface area contributed by atoms with Crippen LogP contribution in [0.4, 0.5) is 0 Å². The van der Waals surface area contributed by atoms with Crippen LogP contribution in [0.1, 0.15) is 18.4 Å². The van der Waals surface area contributed by atoms with E-state index in [0.717, 1.165) is 23.8 Å². The number of hydrogen-bond donors (Lipinski definition) is 2. The van der Waals surface area contributed by atoms with E-state index in [2.05, 4.69) is 15.6 Å². The summed E-state index contributed by atoms with van der Waals surface area (Å²) in [7, 11) is 1.61. The molecular formula is C19H23N3O3. The number of nitrogens with zero attached hydrogens (tertiary/aromatic N) is 1. The van der Waals surface area contributed by atoms with Crippen LogP contribution in [0.2, 0.25) is 0 Å². The maximum absolute atomic E-state index is 11.8. The van der Waals surface area contributed by atoms with Gasteiger partial charge in [0.05, 0.1) is 13.7 Å². The van der Waals surface area contributed by atoms with Gasteiger partial charge in [-0.05, 0) is 43.0 Å². The van der Waals surface area contributed by atoms with Crippen molar-refractivity contribution in [3.8, 4) is 17.4 Å². The van der Waals surface area contributed by atoms with Crippen molar-refractivity contribution >= 4 is 5.91 Å². The maximum atomic E-state index is 11.8. The van der Waals surface area contributed by atoms with E-state index in [1.165, 1.54) is 12.8 Å². The molecule has 132 valence electrons. The van der Waals surface area contributed by atoms with Gasteiger partial charge in [0, 0.05) is 24.9 Å². The summed E-state index contributed by atoms with van der Waals surface area (Å²) in [4.78, 5) is 16.0. The van der Waals surface area contributed by atoms with Crippen molar-refractivity contribution in [1.82, 2.24) is 15.6 Å². The van der Waals surface area contributed by atoms with Crippen molar-refractivity contribution in [3.63, 3.8) is 0 Å². The quantitative estimate of drug-likeness (QED) is 0.733. The fourth-order valence-electron chi connectivity index (χ4n) is 2.34. The topological polar surface area (TPSA) is 72.5 Å². The van der Waals surface area contributed by atoms with Gasteiger partial charge in [0.1, 0.15) is 11.5 Å². The molecule has 1 heterocycles. The molecule has 2 N–H and O–H groups in total. The maximum Gasteiger partial charge on any atom is 0.234 e. The zero-order valence-electron chi connectivity index (χ0n) is 14.3. The molecule has 3 rings (SSSR count). The molecule has 6 heteroatoms. The molecule has 0 spiro atoms.